The zero-order valence-corrected chi connectivity index (χ0v) is 16.1. The summed E-state index contributed by atoms with van der Waals surface area (Å²) in [5.74, 6) is 0.514. The Kier molecular flexibility index (Phi) is 5.52. The first-order valence-corrected chi connectivity index (χ1v) is 9.49. The molecule has 0 aliphatic carbocycles. The van der Waals surface area contributed by atoms with Crippen molar-refractivity contribution in [1.82, 2.24) is 14.6 Å². The Morgan fingerprint density at radius 3 is 2.55 bits per heavy atom. The molecule has 0 saturated carbocycles. The molecule has 4 aromatic rings. The molecule has 0 atom stereocenters. The van der Waals surface area contributed by atoms with E-state index in [1.807, 2.05) is 66.7 Å². The SMILES string of the molecule is CCOC(=O)Cc1cn2nc(-c3ccc(OCc4ccccc4)cc3)ccc2n1. The molecule has 0 radical (unpaired) electrons. The first-order valence-electron chi connectivity index (χ1n) is 9.49. The lowest BCUT2D eigenvalue weighted by molar-refractivity contribution is -0.142. The first kappa shape index (κ1) is 18.7. The summed E-state index contributed by atoms with van der Waals surface area (Å²) in [4.78, 5) is 16.1. The van der Waals surface area contributed by atoms with Gasteiger partial charge in [-0.15, -0.1) is 0 Å². The van der Waals surface area contributed by atoms with Crippen LogP contribution in [0.3, 0.4) is 0 Å². The highest BCUT2D eigenvalue weighted by atomic mass is 16.5. The lowest BCUT2D eigenvalue weighted by atomic mass is 10.1. The van der Waals surface area contributed by atoms with Gasteiger partial charge in [-0.25, -0.2) is 9.50 Å². The number of imidazole rings is 1. The maximum absolute atomic E-state index is 11.6. The highest BCUT2D eigenvalue weighted by Crippen LogP contribution is 2.22. The van der Waals surface area contributed by atoms with E-state index < -0.39 is 0 Å². The fourth-order valence-electron chi connectivity index (χ4n) is 2.99. The van der Waals surface area contributed by atoms with Gasteiger partial charge in [-0.2, -0.15) is 5.10 Å². The molecule has 0 aliphatic heterocycles. The molecule has 0 spiro atoms. The standard InChI is InChI=1S/C23H21N3O3/c1-2-28-23(27)14-19-15-26-22(24-19)13-12-21(25-26)18-8-10-20(11-9-18)29-16-17-6-4-3-5-7-17/h3-13,15H,2,14,16H2,1H3. The Morgan fingerprint density at radius 2 is 1.79 bits per heavy atom. The zero-order valence-electron chi connectivity index (χ0n) is 16.1. The molecule has 0 saturated heterocycles. The van der Waals surface area contributed by atoms with Crippen LogP contribution in [0.1, 0.15) is 18.2 Å². The van der Waals surface area contributed by atoms with Crippen molar-refractivity contribution in [2.45, 2.75) is 20.0 Å². The van der Waals surface area contributed by atoms with Crippen LogP contribution in [0.15, 0.2) is 72.9 Å². The number of ether oxygens (including phenoxy) is 2. The van der Waals surface area contributed by atoms with Gasteiger partial charge in [0.1, 0.15) is 12.4 Å². The molecule has 6 heteroatoms. The Labute approximate surface area is 168 Å². The smallest absolute Gasteiger partial charge is 0.311 e. The molecule has 146 valence electrons. The van der Waals surface area contributed by atoms with Gasteiger partial charge in [0.2, 0.25) is 0 Å². The monoisotopic (exact) mass is 387 g/mol. The van der Waals surface area contributed by atoms with Crippen LogP contribution >= 0.6 is 0 Å². The van der Waals surface area contributed by atoms with E-state index in [-0.39, 0.29) is 12.4 Å². The van der Waals surface area contributed by atoms with E-state index in [1.165, 1.54) is 0 Å². The summed E-state index contributed by atoms with van der Waals surface area (Å²) in [6, 6.07) is 21.7. The van der Waals surface area contributed by atoms with Crippen LogP contribution in [0.5, 0.6) is 5.75 Å². The maximum atomic E-state index is 11.6. The number of benzene rings is 2. The number of fused-ring (bicyclic) bond motifs is 1. The Hall–Kier alpha value is -3.67. The van der Waals surface area contributed by atoms with E-state index >= 15 is 0 Å². The highest BCUT2D eigenvalue weighted by molar-refractivity contribution is 5.72. The van der Waals surface area contributed by atoms with Gasteiger partial charge in [-0.05, 0) is 48.9 Å². The molecule has 0 N–H and O–H groups in total. The molecule has 0 unspecified atom stereocenters. The van der Waals surface area contributed by atoms with Crippen molar-refractivity contribution in [3.63, 3.8) is 0 Å². The number of aromatic nitrogens is 3. The fourth-order valence-corrected chi connectivity index (χ4v) is 2.99. The minimum absolute atomic E-state index is 0.139. The second-order valence-corrected chi connectivity index (χ2v) is 6.53. The molecule has 0 bridgehead atoms. The third kappa shape index (κ3) is 4.60. The third-order valence-corrected chi connectivity index (χ3v) is 4.40. The molecule has 0 fully saturated rings. The quantitative estimate of drug-likeness (QED) is 0.447. The van der Waals surface area contributed by atoms with Crippen molar-refractivity contribution >= 4 is 11.6 Å². The predicted molar refractivity (Wildman–Crippen MR) is 110 cm³/mol. The third-order valence-electron chi connectivity index (χ3n) is 4.40. The molecule has 29 heavy (non-hydrogen) atoms. The summed E-state index contributed by atoms with van der Waals surface area (Å²) < 4.78 is 12.5. The molecular formula is C23H21N3O3. The Bertz CT molecular complexity index is 1110. The van der Waals surface area contributed by atoms with E-state index in [9.17, 15) is 4.79 Å². The molecule has 4 rings (SSSR count). The van der Waals surface area contributed by atoms with Crippen LogP contribution in [0.2, 0.25) is 0 Å². The molecule has 0 aliphatic rings. The number of nitrogens with zero attached hydrogens (tertiary/aromatic N) is 3. The van der Waals surface area contributed by atoms with Crippen molar-refractivity contribution < 1.29 is 14.3 Å². The second kappa shape index (κ2) is 8.56. The maximum Gasteiger partial charge on any atom is 0.311 e. The van der Waals surface area contributed by atoms with Crippen molar-refractivity contribution in [3.8, 4) is 17.0 Å². The van der Waals surface area contributed by atoms with Gasteiger partial charge in [0.25, 0.3) is 0 Å². The topological polar surface area (TPSA) is 65.7 Å². The normalized spacial score (nSPS) is 10.8. The first-order chi connectivity index (χ1) is 14.2. The fraction of sp³-hybridized carbons (Fsp3) is 0.174. The molecule has 2 heterocycles. The number of esters is 1. The van der Waals surface area contributed by atoms with Crippen molar-refractivity contribution in [3.05, 3.63) is 84.2 Å². The van der Waals surface area contributed by atoms with E-state index in [4.69, 9.17) is 9.47 Å². The lowest BCUT2D eigenvalue weighted by Gasteiger charge is -2.07. The summed E-state index contributed by atoms with van der Waals surface area (Å²) in [5, 5.41) is 4.60. The van der Waals surface area contributed by atoms with E-state index in [2.05, 4.69) is 10.1 Å². The number of carbonyl (C=O) groups is 1. The molecule has 2 aromatic heterocycles. The minimum Gasteiger partial charge on any atom is -0.489 e. The van der Waals surface area contributed by atoms with Crippen LogP contribution in [-0.2, 0) is 22.6 Å². The number of rotatable bonds is 7. The molecule has 2 aromatic carbocycles. The van der Waals surface area contributed by atoms with Gasteiger partial charge in [0.05, 0.1) is 30.6 Å². The van der Waals surface area contributed by atoms with E-state index in [1.54, 1.807) is 17.6 Å². The van der Waals surface area contributed by atoms with Crippen molar-refractivity contribution in [2.75, 3.05) is 6.61 Å². The summed E-state index contributed by atoms with van der Waals surface area (Å²) >= 11 is 0. The molecule has 6 nitrogen and oxygen atoms in total. The second-order valence-electron chi connectivity index (χ2n) is 6.53. The molecular weight excluding hydrogens is 366 g/mol. The largest absolute Gasteiger partial charge is 0.489 e. The number of hydrogen-bond acceptors (Lipinski definition) is 5. The lowest BCUT2D eigenvalue weighted by Crippen LogP contribution is -2.07. The molecule has 0 amide bonds. The predicted octanol–water partition coefficient (Wildman–Crippen LogP) is 4.08. The average Bonchev–Trinajstić information content (AvgIpc) is 3.15. The van der Waals surface area contributed by atoms with Crippen LogP contribution in [-0.4, -0.2) is 27.2 Å². The van der Waals surface area contributed by atoms with Crippen molar-refractivity contribution in [2.24, 2.45) is 0 Å². The van der Waals surface area contributed by atoms with Crippen LogP contribution in [0.25, 0.3) is 16.9 Å². The zero-order chi connectivity index (χ0) is 20.1. The van der Waals surface area contributed by atoms with Gasteiger partial charge in [-0.1, -0.05) is 30.3 Å². The highest BCUT2D eigenvalue weighted by Gasteiger charge is 2.10. The van der Waals surface area contributed by atoms with Crippen LogP contribution in [0, 0.1) is 0 Å². The van der Waals surface area contributed by atoms with Crippen LogP contribution < -0.4 is 4.74 Å². The van der Waals surface area contributed by atoms with E-state index in [0.29, 0.717) is 24.6 Å². The van der Waals surface area contributed by atoms with E-state index in [0.717, 1.165) is 22.6 Å². The Balaban J connectivity index is 1.46. The van der Waals surface area contributed by atoms with Gasteiger partial charge in [0, 0.05) is 5.56 Å². The van der Waals surface area contributed by atoms with Crippen molar-refractivity contribution in [1.29, 1.82) is 0 Å². The van der Waals surface area contributed by atoms with Gasteiger partial charge in [0.15, 0.2) is 5.65 Å². The summed E-state index contributed by atoms with van der Waals surface area (Å²) in [6.07, 6.45) is 1.90. The van der Waals surface area contributed by atoms with Crippen LogP contribution in [0.4, 0.5) is 0 Å². The number of hydrogen-bond donors (Lipinski definition) is 0. The van der Waals surface area contributed by atoms with Gasteiger partial charge in [-0.3, -0.25) is 4.79 Å². The summed E-state index contributed by atoms with van der Waals surface area (Å²) in [6.45, 7) is 2.68. The van der Waals surface area contributed by atoms with Gasteiger partial charge >= 0.3 is 5.97 Å². The summed E-state index contributed by atoms with van der Waals surface area (Å²) in [5.41, 5.74) is 4.24. The van der Waals surface area contributed by atoms with Gasteiger partial charge < -0.3 is 9.47 Å². The summed E-state index contributed by atoms with van der Waals surface area (Å²) in [7, 11) is 0. The Morgan fingerprint density at radius 1 is 1.00 bits per heavy atom. The average molecular weight is 387 g/mol. The minimum atomic E-state index is -0.290. The number of carbonyl (C=O) groups excluding carboxylic acids is 1.